The summed E-state index contributed by atoms with van der Waals surface area (Å²) in [5.74, 6) is 0.499. The first kappa shape index (κ1) is 17.9. The van der Waals surface area contributed by atoms with Crippen molar-refractivity contribution < 1.29 is 9.53 Å². The zero-order chi connectivity index (χ0) is 19.7. The van der Waals surface area contributed by atoms with Crippen LogP contribution in [0.2, 0.25) is 0 Å². The fourth-order valence-corrected chi connectivity index (χ4v) is 3.84. The maximum Gasteiger partial charge on any atom is 0.280 e. The Morgan fingerprint density at radius 3 is 2.75 bits per heavy atom. The maximum absolute atomic E-state index is 12.3. The highest BCUT2D eigenvalue weighted by Crippen LogP contribution is 2.33. The molecule has 0 fully saturated rings. The van der Waals surface area contributed by atoms with Gasteiger partial charge < -0.3 is 20.8 Å². The van der Waals surface area contributed by atoms with Crippen LogP contribution < -0.4 is 11.5 Å². The van der Waals surface area contributed by atoms with Gasteiger partial charge in [-0.15, -0.1) is 0 Å². The number of hydrogen-bond donors (Lipinski definition) is 2. The molecule has 0 saturated carbocycles. The zero-order valence-corrected chi connectivity index (χ0v) is 15.6. The minimum atomic E-state index is -0.447. The van der Waals surface area contributed by atoms with Gasteiger partial charge in [0.2, 0.25) is 0 Å². The number of rotatable bonds is 4. The van der Waals surface area contributed by atoms with Crippen LogP contribution >= 0.6 is 0 Å². The number of carbonyl (C=O) groups excluding carboxylic acids is 1. The van der Waals surface area contributed by atoms with Crippen molar-refractivity contribution in [3.8, 4) is 0 Å². The van der Waals surface area contributed by atoms with Gasteiger partial charge in [-0.2, -0.15) is 4.99 Å². The van der Waals surface area contributed by atoms with Crippen LogP contribution in [-0.4, -0.2) is 23.5 Å². The van der Waals surface area contributed by atoms with Crippen molar-refractivity contribution in [3.63, 3.8) is 0 Å². The topological polar surface area (TPSA) is 95.6 Å². The monoisotopic (exact) mass is 374 g/mol. The molecule has 1 unspecified atom stereocenters. The van der Waals surface area contributed by atoms with E-state index in [-0.39, 0.29) is 11.9 Å². The number of guanidine groups is 1. The Morgan fingerprint density at radius 1 is 1.18 bits per heavy atom. The fourth-order valence-electron chi connectivity index (χ4n) is 3.84. The molecular formula is C22H22N4O2. The lowest BCUT2D eigenvalue weighted by Crippen LogP contribution is -2.24. The molecule has 0 spiro atoms. The van der Waals surface area contributed by atoms with Crippen LogP contribution in [0.25, 0.3) is 21.8 Å². The number of amides is 1. The highest BCUT2D eigenvalue weighted by molar-refractivity contribution is 6.11. The number of aliphatic imine (C=N–C) groups is 1. The third-order valence-electron chi connectivity index (χ3n) is 5.11. The van der Waals surface area contributed by atoms with E-state index < -0.39 is 5.91 Å². The van der Waals surface area contributed by atoms with Crippen LogP contribution in [-0.2, 0) is 11.3 Å². The van der Waals surface area contributed by atoms with Gasteiger partial charge in [0.25, 0.3) is 5.91 Å². The van der Waals surface area contributed by atoms with E-state index in [1.165, 1.54) is 0 Å². The summed E-state index contributed by atoms with van der Waals surface area (Å²) in [6.07, 6.45) is 7.08. The van der Waals surface area contributed by atoms with Crippen LogP contribution in [0.4, 0.5) is 0 Å². The van der Waals surface area contributed by atoms with Crippen LogP contribution in [0.1, 0.15) is 16.8 Å². The van der Waals surface area contributed by atoms with Gasteiger partial charge >= 0.3 is 0 Å². The van der Waals surface area contributed by atoms with Crippen molar-refractivity contribution in [1.82, 2.24) is 4.57 Å². The lowest BCUT2D eigenvalue weighted by molar-refractivity contribution is 0.100. The molecule has 2 aromatic carbocycles. The van der Waals surface area contributed by atoms with Crippen LogP contribution in [0.3, 0.4) is 0 Å². The number of fused-ring (bicyclic) bond motifs is 3. The van der Waals surface area contributed by atoms with Crippen molar-refractivity contribution in [2.45, 2.75) is 13.0 Å². The molecule has 1 heterocycles. The molecule has 0 radical (unpaired) electrons. The SMILES string of the molecule is COC1=CC=CCC1Cn1c2ccccc2c2ccc(C(=O)N=C(N)N)cc21. The second kappa shape index (κ2) is 7.23. The number of benzene rings is 2. The molecule has 1 aliphatic rings. The van der Waals surface area contributed by atoms with Crippen molar-refractivity contribution in [3.05, 3.63) is 72.0 Å². The van der Waals surface area contributed by atoms with Crippen molar-refractivity contribution in [2.75, 3.05) is 7.11 Å². The first-order valence-corrected chi connectivity index (χ1v) is 9.14. The number of allylic oxidation sites excluding steroid dienone is 4. The van der Waals surface area contributed by atoms with E-state index in [1.807, 2.05) is 36.4 Å². The summed E-state index contributed by atoms with van der Waals surface area (Å²) in [7, 11) is 1.70. The second-order valence-corrected chi connectivity index (χ2v) is 6.84. The van der Waals surface area contributed by atoms with Gasteiger partial charge in [0.05, 0.1) is 7.11 Å². The largest absolute Gasteiger partial charge is 0.501 e. The molecule has 1 aromatic heterocycles. The molecule has 28 heavy (non-hydrogen) atoms. The van der Waals surface area contributed by atoms with Crippen LogP contribution in [0, 0.1) is 5.92 Å². The lowest BCUT2D eigenvalue weighted by atomic mass is 9.98. The van der Waals surface area contributed by atoms with Gasteiger partial charge in [0.15, 0.2) is 5.96 Å². The Labute approximate surface area is 162 Å². The van der Waals surface area contributed by atoms with Gasteiger partial charge in [-0.25, -0.2) is 0 Å². The molecule has 0 bridgehead atoms. The Kier molecular flexibility index (Phi) is 4.61. The van der Waals surface area contributed by atoms with Gasteiger partial charge in [0, 0.05) is 39.8 Å². The predicted octanol–water partition coefficient (Wildman–Crippen LogP) is 3.31. The van der Waals surface area contributed by atoms with Crippen LogP contribution in [0.15, 0.2) is 71.4 Å². The zero-order valence-electron chi connectivity index (χ0n) is 15.6. The van der Waals surface area contributed by atoms with E-state index in [2.05, 4.69) is 27.8 Å². The molecule has 1 aliphatic carbocycles. The molecule has 1 amide bonds. The first-order chi connectivity index (χ1) is 13.6. The Morgan fingerprint density at radius 2 is 1.96 bits per heavy atom. The van der Waals surface area contributed by atoms with E-state index in [0.29, 0.717) is 5.56 Å². The van der Waals surface area contributed by atoms with Gasteiger partial charge in [-0.05, 0) is 30.7 Å². The average molecular weight is 374 g/mol. The summed E-state index contributed by atoms with van der Waals surface area (Å²) in [5, 5.41) is 2.23. The molecular weight excluding hydrogens is 352 g/mol. The number of methoxy groups -OCH3 is 1. The average Bonchev–Trinajstić information content (AvgIpc) is 3.01. The minimum Gasteiger partial charge on any atom is -0.501 e. The van der Waals surface area contributed by atoms with Crippen molar-refractivity contribution in [1.29, 1.82) is 0 Å². The summed E-state index contributed by atoms with van der Waals surface area (Å²) in [5.41, 5.74) is 13.3. The molecule has 6 nitrogen and oxygen atoms in total. The molecule has 0 aliphatic heterocycles. The van der Waals surface area contributed by atoms with E-state index in [9.17, 15) is 4.79 Å². The van der Waals surface area contributed by atoms with Crippen LogP contribution in [0.5, 0.6) is 0 Å². The van der Waals surface area contributed by atoms with Crippen molar-refractivity contribution in [2.24, 2.45) is 22.4 Å². The van der Waals surface area contributed by atoms with E-state index in [1.54, 1.807) is 13.2 Å². The normalized spacial score (nSPS) is 16.2. The molecule has 0 saturated heterocycles. The van der Waals surface area contributed by atoms with Crippen molar-refractivity contribution >= 4 is 33.7 Å². The summed E-state index contributed by atoms with van der Waals surface area (Å²) < 4.78 is 7.82. The lowest BCUT2D eigenvalue weighted by Gasteiger charge is -2.22. The van der Waals surface area contributed by atoms with Gasteiger partial charge in [-0.3, -0.25) is 4.79 Å². The number of aromatic nitrogens is 1. The Bertz CT molecular complexity index is 1150. The molecule has 142 valence electrons. The second-order valence-electron chi connectivity index (χ2n) is 6.84. The fraction of sp³-hybridized carbons (Fsp3) is 0.182. The van der Waals surface area contributed by atoms with E-state index in [0.717, 1.165) is 40.5 Å². The third-order valence-corrected chi connectivity index (χ3v) is 5.11. The predicted molar refractivity (Wildman–Crippen MR) is 112 cm³/mol. The Hall–Kier alpha value is -3.54. The summed E-state index contributed by atoms with van der Waals surface area (Å²) >= 11 is 0. The smallest absolute Gasteiger partial charge is 0.280 e. The highest BCUT2D eigenvalue weighted by Gasteiger charge is 2.20. The molecule has 1 atom stereocenters. The minimum absolute atomic E-state index is 0.228. The number of hydrogen-bond acceptors (Lipinski definition) is 2. The summed E-state index contributed by atoms with van der Waals surface area (Å²) in [4.78, 5) is 16.0. The number of ether oxygens (including phenoxy) is 1. The van der Waals surface area contributed by atoms with Gasteiger partial charge in [0.1, 0.15) is 5.76 Å². The van der Waals surface area contributed by atoms with Gasteiger partial charge in [-0.1, -0.05) is 36.4 Å². The number of nitrogens with zero attached hydrogens (tertiary/aromatic N) is 2. The molecule has 6 heteroatoms. The molecule has 4 N–H and O–H groups in total. The van der Waals surface area contributed by atoms with E-state index >= 15 is 0 Å². The highest BCUT2D eigenvalue weighted by atomic mass is 16.5. The summed E-state index contributed by atoms with van der Waals surface area (Å²) in [6.45, 7) is 0.744. The molecule has 3 aromatic rings. The first-order valence-electron chi connectivity index (χ1n) is 9.14. The Balaban J connectivity index is 1.87. The number of carbonyl (C=O) groups is 1. The number of nitrogens with two attached hydrogens (primary N) is 2. The number of para-hydroxylation sites is 1. The molecule has 4 rings (SSSR count). The third kappa shape index (κ3) is 3.13. The van der Waals surface area contributed by atoms with E-state index in [4.69, 9.17) is 16.2 Å². The maximum atomic E-state index is 12.3. The summed E-state index contributed by atoms with van der Waals surface area (Å²) in [6, 6.07) is 13.8. The quantitative estimate of drug-likeness (QED) is 0.541. The standard InChI is InChI=1S/C22H22N4O2/c1-28-20-9-5-2-6-15(20)13-26-18-8-4-3-7-16(18)17-11-10-14(12-19(17)26)21(27)25-22(23)24/h2-5,7-12,15H,6,13H2,1H3,(H4,23,24,25,27).